The molecule has 1 nitrogen and oxygen atoms in total. The molecule has 0 aliphatic carbocycles. The van der Waals surface area contributed by atoms with E-state index in [2.05, 4.69) is 29.8 Å². The lowest BCUT2D eigenvalue weighted by Crippen LogP contribution is -2.03. The van der Waals surface area contributed by atoms with E-state index >= 15 is 0 Å². The first kappa shape index (κ1) is 15.2. The molecule has 1 atom stereocenters. The second-order valence-electron chi connectivity index (χ2n) is 5.28. The highest BCUT2D eigenvalue weighted by atomic mass is 79.9. The molecule has 3 heteroatoms. The number of aliphatic hydroxyl groups is 1. The zero-order valence-corrected chi connectivity index (χ0v) is 13.2. The van der Waals surface area contributed by atoms with Gasteiger partial charge in [0, 0.05) is 10.9 Å². The van der Waals surface area contributed by atoms with Crippen LogP contribution in [-0.2, 0) is 6.42 Å². The van der Waals surface area contributed by atoms with Crippen molar-refractivity contribution in [1.29, 1.82) is 0 Å². The first-order valence-corrected chi connectivity index (χ1v) is 7.48. The summed E-state index contributed by atoms with van der Waals surface area (Å²) in [6.07, 6.45) is -0.242. The van der Waals surface area contributed by atoms with Gasteiger partial charge in [0.15, 0.2) is 0 Å². The second kappa shape index (κ2) is 6.51. The molecule has 0 saturated heterocycles. The summed E-state index contributed by atoms with van der Waals surface area (Å²) >= 11 is 3.38. The Balaban J connectivity index is 2.15. The minimum absolute atomic E-state index is 0.287. The Morgan fingerprint density at radius 3 is 2.25 bits per heavy atom. The Bertz CT molecular complexity index is 578. The van der Waals surface area contributed by atoms with Crippen molar-refractivity contribution in [3.8, 4) is 0 Å². The molecule has 0 fully saturated rings. The zero-order valence-electron chi connectivity index (χ0n) is 11.6. The standard InChI is InChI=1S/C17H18BrFO/c1-11(2)12-3-5-13(6-4-12)17(20)10-14-9-15(19)7-8-16(14)18/h3-9,11,17,20H,10H2,1-2H3. The normalized spacial score (nSPS) is 12.7. The summed E-state index contributed by atoms with van der Waals surface area (Å²) in [5, 5.41) is 10.3. The van der Waals surface area contributed by atoms with Gasteiger partial charge in [-0.3, -0.25) is 0 Å². The maximum atomic E-state index is 13.2. The summed E-state index contributed by atoms with van der Waals surface area (Å²) in [5.74, 6) is 0.184. The molecule has 0 aromatic heterocycles. The summed E-state index contributed by atoms with van der Waals surface area (Å²) in [5.41, 5.74) is 2.86. The van der Waals surface area contributed by atoms with E-state index in [9.17, 15) is 9.50 Å². The summed E-state index contributed by atoms with van der Waals surface area (Å²) in [6, 6.07) is 12.5. The smallest absolute Gasteiger partial charge is 0.123 e. The highest BCUT2D eigenvalue weighted by Gasteiger charge is 2.12. The van der Waals surface area contributed by atoms with Crippen LogP contribution in [0.25, 0.3) is 0 Å². The molecule has 0 saturated carbocycles. The third kappa shape index (κ3) is 3.68. The van der Waals surface area contributed by atoms with Crippen LogP contribution in [0.2, 0.25) is 0 Å². The van der Waals surface area contributed by atoms with Gasteiger partial charge in [-0.25, -0.2) is 4.39 Å². The van der Waals surface area contributed by atoms with Crippen molar-refractivity contribution in [2.75, 3.05) is 0 Å². The number of aliphatic hydroxyl groups excluding tert-OH is 1. The largest absolute Gasteiger partial charge is 0.388 e. The van der Waals surface area contributed by atoms with Crippen molar-refractivity contribution in [2.24, 2.45) is 0 Å². The van der Waals surface area contributed by atoms with Crippen LogP contribution in [0.5, 0.6) is 0 Å². The Labute approximate surface area is 127 Å². The molecule has 0 aliphatic heterocycles. The van der Waals surface area contributed by atoms with Crippen molar-refractivity contribution in [3.63, 3.8) is 0 Å². The highest BCUT2D eigenvalue weighted by molar-refractivity contribution is 9.10. The number of halogens is 2. The van der Waals surface area contributed by atoms with Crippen LogP contribution in [-0.4, -0.2) is 5.11 Å². The summed E-state index contributed by atoms with van der Waals surface area (Å²) in [6.45, 7) is 4.27. The minimum atomic E-state index is -0.630. The average Bonchev–Trinajstić information content (AvgIpc) is 2.43. The van der Waals surface area contributed by atoms with E-state index in [1.54, 1.807) is 6.07 Å². The molecule has 1 N–H and O–H groups in total. The van der Waals surface area contributed by atoms with Gasteiger partial charge in [-0.15, -0.1) is 0 Å². The van der Waals surface area contributed by atoms with Gasteiger partial charge < -0.3 is 5.11 Å². The third-order valence-corrected chi connectivity index (χ3v) is 4.18. The van der Waals surface area contributed by atoms with Crippen molar-refractivity contribution in [2.45, 2.75) is 32.3 Å². The fourth-order valence-electron chi connectivity index (χ4n) is 2.13. The van der Waals surface area contributed by atoms with E-state index in [0.717, 1.165) is 15.6 Å². The maximum absolute atomic E-state index is 13.2. The van der Waals surface area contributed by atoms with Crippen LogP contribution < -0.4 is 0 Å². The van der Waals surface area contributed by atoms with Gasteiger partial charge in [-0.1, -0.05) is 54.0 Å². The van der Waals surface area contributed by atoms with Crippen LogP contribution >= 0.6 is 15.9 Å². The molecule has 0 bridgehead atoms. The topological polar surface area (TPSA) is 20.2 Å². The van der Waals surface area contributed by atoms with E-state index in [0.29, 0.717) is 12.3 Å². The highest BCUT2D eigenvalue weighted by Crippen LogP contribution is 2.25. The average molecular weight is 337 g/mol. The van der Waals surface area contributed by atoms with Crippen molar-refractivity contribution < 1.29 is 9.50 Å². The lowest BCUT2D eigenvalue weighted by atomic mass is 9.97. The number of hydrogen-bond acceptors (Lipinski definition) is 1. The van der Waals surface area contributed by atoms with E-state index in [-0.39, 0.29) is 5.82 Å². The lowest BCUT2D eigenvalue weighted by Gasteiger charge is -2.14. The molecule has 0 amide bonds. The predicted molar refractivity (Wildman–Crippen MR) is 83.3 cm³/mol. The van der Waals surface area contributed by atoms with Crippen LogP contribution in [0.4, 0.5) is 4.39 Å². The van der Waals surface area contributed by atoms with Gasteiger partial charge in [0.1, 0.15) is 5.82 Å². The fourth-order valence-corrected chi connectivity index (χ4v) is 2.54. The predicted octanol–water partition coefficient (Wildman–Crippen LogP) is 4.99. The van der Waals surface area contributed by atoms with Crippen molar-refractivity contribution in [1.82, 2.24) is 0 Å². The molecule has 0 aliphatic rings. The Hall–Kier alpha value is -1.19. The summed E-state index contributed by atoms with van der Waals surface area (Å²) < 4.78 is 14.1. The quantitative estimate of drug-likeness (QED) is 0.833. The fraction of sp³-hybridized carbons (Fsp3) is 0.294. The molecule has 0 heterocycles. The number of benzene rings is 2. The van der Waals surface area contributed by atoms with E-state index in [4.69, 9.17) is 0 Å². The van der Waals surface area contributed by atoms with E-state index in [1.807, 2.05) is 24.3 Å². The number of rotatable bonds is 4. The molecule has 0 spiro atoms. The first-order valence-electron chi connectivity index (χ1n) is 6.69. The van der Waals surface area contributed by atoms with Gasteiger partial charge in [-0.05, 0) is 40.8 Å². The minimum Gasteiger partial charge on any atom is -0.388 e. The molecular formula is C17H18BrFO. The maximum Gasteiger partial charge on any atom is 0.123 e. The Morgan fingerprint density at radius 1 is 1.05 bits per heavy atom. The van der Waals surface area contributed by atoms with Gasteiger partial charge in [0.05, 0.1) is 6.10 Å². The summed E-state index contributed by atoms with van der Waals surface area (Å²) in [7, 11) is 0. The van der Waals surface area contributed by atoms with Crippen molar-refractivity contribution >= 4 is 15.9 Å². The molecule has 2 rings (SSSR count). The molecule has 106 valence electrons. The van der Waals surface area contributed by atoms with E-state index in [1.165, 1.54) is 17.7 Å². The first-order chi connectivity index (χ1) is 9.47. The second-order valence-corrected chi connectivity index (χ2v) is 6.13. The summed E-state index contributed by atoms with van der Waals surface area (Å²) in [4.78, 5) is 0. The number of hydrogen-bond donors (Lipinski definition) is 1. The molecule has 0 radical (unpaired) electrons. The zero-order chi connectivity index (χ0) is 14.7. The Morgan fingerprint density at radius 2 is 1.65 bits per heavy atom. The van der Waals surface area contributed by atoms with Crippen LogP contribution in [0.15, 0.2) is 46.9 Å². The molecule has 20 heavy (non-hydrogen) atoms. The lowest BCUT2D eigenvalue weighted by molar-refractivity contribution is 0.178. The third-order valence-electron chi connectivity index (χ3n) is 3.41. The van der Waals surface area contributed by atoms with Gasteiger partial charge >= 0.3 is 0 Å². The SMILES string of the molecule is CC(C)c1ccc(C(O)Cc2cc(F)ccc2Br)cc1. The Kier molecular flexibility index (Phi) is 4.95. The molecule has 2 aromatic rings. The molecular weight excluding hydrogens is 319 g/mol. The van der Waals surface area contributed by atoms with Gasteiger partial charge in [-0.2, -0.15) is 0 Å². The molecule has 2 aromatic carbocycles. The van der Waals surface area contributed by atoms with Crippen LogP contribution in [0.1, 0.15) is 42.6 Å². The van der Waals surface area contributed by atoms with E-state index < -0.39 is 6.10 Å². The van der Waals surface area contributed by atoms with Gasteiger partial charge in [0.2, 0.25) is 0 Å². The van der Waals surface area contributed by atoms with Crippen LogP contribution in [0.3, 0.4) is 0 Å². The van der Waals surface area contributed by atoms with Gasteiger partial charge in [0.25, 0.3) is 0 Å². The van der Waals surface area contributed by atoms with Crippen LogP contribution in [0, 0.1) is 5.82 Å². The van der Waals surface area contributed by atoms with Crippen molar-refractivity contribution in [3.05, 3.63) is 69.4 Å². The molecule has 1 unspecified atom stereocenters. The monoisotopic (exact) mass is 336 g/mol.